The van der Waals surface area contributed by atoms with Crippen LogP contribution in [-0.4, -0.2) is 18.4 Å². The fraction of sp³-hybridized carbons (Fsp3) is 0.111. The van der Waals surface area contributed by atoms with Crippen molar-refractivity contribution in [2.24, 2.45) is 5.73 Å². The maximum absolute atomic E-state index is 11.9. The minimum atomic E-state index is -3.57. The molecule has 0 bridgehead atoms. The molecule has 2 heterocycles. The van der Waals surface area contributed by atoms with Gasteiger partial charge >= 0.3 is 0 Å². The number of nitrogens with zero attached hydrogens (tertiary/aromatic N) is 2. The molecular formula is C9H10N4O2S2. The molecule has 3 N–H and O–H groups in total. The second-order valence-corrected chi connectivity index (χ2v) is 6.24. The number of nitrogens with two attached hydrogens (primary N) is 1. The van der Waals surface area contributed by atoms with Gasteiger partial charge in [-0.1, -0.05) is 0 Å². The largest absolute Gasteiger partial charge is 0.326 e. The van der Waals surface area contributed by atoms with Gasteiger partial charge in [-0.15, -0.1) is 11.3 Å². The fourth-order valence-corrected chi connectivity index (χ4v) is 3.43. The Morgan fingerprint density at radius 1 is 1.29 bits per heavy atom. The predicted octanol–water partition coefficient (Wildman–Crippen LogP) is 0.798. The number of thiophene rings is 1. The van der Waals surface area contributed by atoms with Crippen molar-refractivity contribution in [3.05, 3.63) is 35.7 Å². The van der Waals surface area contributed by atoms with Crippen LogP contribution < -0.4 is 10.5 Å². The quantitative estimate of drug-likeness (QED) is 0.856. The Balaban J connectivity index is 2.25. The first-order valence-corrected chi connectivity index (χ1v) is 6.98. The van der Waals surface area contributed by atoms with Gasteiger partial charge in [-0.25, -0.2) is 18.4 Å². The van der Waals surface area contributed by atoms with E-state index in [4.69, 9.17) is 5.73 Å². The minimum Gasteiger partial charge on any atom is -0.326 e. The maximum atomic E-state index is 11.9. The Hall–Kier alpha value is -1.51. The number of anilines is 1. The van der Waals surface area contributed by atoms with Gasteiger partial charge in [0.1, 0.15) is 10.5 Å². The third-order valence-electron chi connectivity index (χ3n) is 1.92. The number of aromatic nitrogens is 2. The van der Waals surface area contributed by atoms with E-state index in [2.05, 4.69) is 14.7 Å². The molecule has 0 fully saturated rings. The standard InChI is InChI=1S/C9H10N4O2S2/c10-3-8-1-2-9(16-8)17(14,15)13-7-4-11-6-12-5-7/h1-2,4-6,13H,3,10H2. The summed E-state index contributed by atoms with van der Waals surface area (Å²) in [5.41, 5.74) is 5.76. The number of rotatable bonds is 4. The van der Waals surface area contributed by atoms with E-state index in [-0.39, 0.29) is 4.21 Å². The lowest BCUT2D eigenvalue weighted by Crippen LogP contribution is -2.11. The minimum absolute atomic E-state index is 0.224. The average molecular weight is 270 g/mol. The van der Waals surface area contributed by atoms with Gasteiger partial charge in [-0.3, -0.25) is 4.72 Å². The van der Waals surface area contributed by atoms with Crippen LogP contribution in [0, 0.1) is 0 Å². The molecule has 2 aromatic heterocycles. The van der Waals surface area contributed by atoms with E-state index in [0.717, 1.165) is 16.2 Å². The smallest absolute Gasteiger partial charge is 0.271 e. The molecule has 0 spiro atoms. The highest BCUT2D eigenvalue weighted by Gasteiger charge is 2.16. The van der Waals surface area contributed by atoms with Crippen LogP contribution in [0.3, 0.4) is 0 Å². The van der Waals surface area contributed by atoms with Crippen molar-refractivity contribution >= 4 is 27.0 Å². The van der Waals surface area contributed by atoms with Crippen molar-refractivity contribution in [2.75, 3.05) is 4.72 Å². The van der Waals surface area contributed by atoms with Gasteiger partial charge in [0.25, 0.3) is 10.0 Å². The molecule has 17 heavy (non-hydrogen) atoms. The van der Waals surface area contributed by atoms with Crippen LogP contribution in [0.2, 0.25) is 0 Å². The predicted molar refractivity (Wildman–Crippen MR) is 65.1 cm³/mol. The lowest BCUT2D eigenvalue weighted by Gasteiger charge is -2.04. The van der Waals surface area contributed by atoms with Crippen molar-refractivity contribution in [1.82, 2.24) is 9.97 Å². The summed E-state index contributed by atoms with van der Waals surface area (Å²) in [7, 11) is -3.57. The van der Waals surface area contributed by atoms with E-state index in [0.29, 0.717) is 12.2 Å². The van der Waals surface area contributed by atoms with E-state index >= 15 is 0 Å². The Morgan fingerprint density at radius 2 is 2.00 bits per heavy atom. The van der Waals surface area contributed by atoms with E-state index in [1.807, 2.05) is 0 Å². The third kappa shape index (κ3) is 2.78. The summed E-state index contributed by atoms with van der Waals surface area (Å²) in [6.07, 6.45) is 4.11. The molecular weight excluding hydrogens is 260 g/mol. The molecule has 2 aromatic rings. The van der Waals surface area contributed by atoms with Crippen molar-refractivity contribution in [3.63, 3.8) is 0 Å². The normalized spacial score (nSPS) is 11.4. The Bertz CT molecular complexity index is 594. The molecule has 0 atom stereocenters. The van der Waals surface area contributed by atoms with Crippen molar-refractivity contribution < 1.29 is 8.42 Å². The van der Waals surface area contributed by atoms with Crippen molar-refractivity contribution in [2.45, 2.75) is 10.8 Å². The van der Waals surface area contributed by atoms with Crippen LogP contribution in [0.5, 0.6) is 0 Å². The molecule has 0 saturated carbocycles. The van der Waals surface area contributed by atoms with Gasteiger partial charge in [0.15, 0.2) is 0 Å². The molecule has 0 unspecified atom stereocenters. The van der Waals surface area contributed by atoms with Gasteiger partial charge in [-0.2, -0.15) is 0 Å². The van der Waals surface area contributed by atoms with Crippen LogP contribution in [0.4, 0.5) is 5.69 Å². The topological polar surface area (TPSA) is 98.0 Å². The fourth-order valence-electron chi connectivity index (χ4n) is 1.17. The van der Waals surface area contributed by atoms with Crippen molar-refractivity contribution in [1.29, 1.82) is 0 Å². The lowest BCUT2D eigenvalue weighted by molar-refractivity contribution is 0.603. The molecule has 0 aromatic carbocycles. The van der Waals surface area contributed by atoms with E-state index < -0.39 is 10.0 Å². The molecule has 0 amide bonds. The summed E-state index contributed by atoms with van der Waals surface area (Å²) in [4.78, 5) is 8.27. The van der Waals surface area contributed by atoms with E-state index in [9.17, 15) is 8.42 Å². The zero-order chi connectivity index (χ0) is 12.3. The third-order valence-corrected chi connectivity index (χ3v) is 4.90. The van der Waals surface area contributed by atoms with Crippen LogP contribution in [0.25, 0.3) is 0 Å². The molecule has 6 nitrogen and oxygen atoms in total. The van der Waals surface area contributed by atoms with E-state index in [1.54, 1.807) is 6.07 Å². The van der Waals surface area contributed by atoms with Crippen LogP contribution in [0.15, 0.2) is 35.1 Å². The summed E-state index contributed by atoms with van der Waals surface area (Å²) < 4.78 is 26.5. The van der Waals surface area contributed by atoms with Crippen LogP contribution in [0.1, 0.15) is 4.88 Å². The van der Waals surface area contributed by atoms with Crippen LogP contribution in [-0.2, 0) is 16.6 Å². The molecule has 0 aliphatic heterocycles. The molecule has 2 rings (SSSR count). The first-order chi connectivity index (χ1) is 8.12. The van der Waals surface area contributed by atoms with Crippen LogP contribution >= 0.6 is 11.3 Å². The number of hydrogen-bond acceptors (Lipinski definition) is 6. The molecule has 0 aliphatic rings. The second-order valence-electron chi connectivity index (χ2n) is 3.16. The highest BCUT2D eigenvalue weighted by atomic mass is 32.2. The highest BCUT2D eigenvalue weighted by Crippen LogP contribution is 2.23. The molecule has 0 radical (unpaired) electrons. The maximum Gasteiger partial charge on any atom is 0.271 e. The summed E-state index contributed by atoms with van der Waals surface area (Å²) in [5, 5.41) is 0. The molecule has 90 valence electrons. The summed E-state index contributed by atoms with van der Waals surface area (Å²) in [6, 6.07) is 3.22. The van der Waals surface area contributed by atoms with Gasteiger partial charge in [0.2, 0.25) is 0 Å². The SMILES string of the molecule is NCc1ccc(S(=O)(=O)Nc2cncnc2)s1. The van der Waals surface area contributed by atoms with Gasteiger partial charge < -0.3 is 5.73 Å². The summed E-state index contributed by atoms with van der Waals surface area (Å²) in [6.45, 7) is 0.328. The molecule has 0 aliphatic carbocycles. The van der Waals surface area contributed by atoms with Crippen molar-refractivity contribution in [3.8, 4) is 0 Å². The van der Waals surface area contributed by atoms with Gasteiger partial charge in [0, 0.05) is 11.4 Å². The average Bonchev–Trinajstić information content (AvgIpc) is 2.79. The lowest BCUT2D eigenvalue weighted by atomic mass is 10.5. The van der Waals surface area contributed by atoms with E-state index in [1.165, 1.54) is 24.8 Å². The number of nitrogens with one attached hydrogen (secondary N) is 1. The first kappa shape index (κ1) is 12.0. The Morgan fingerprint density at radius 3 is 2.59 bits per heavy atom. The summed E-state index contributed by atoms with van der Waals surface area (Å²) >= 11 is 1.14. The van der Waals surface area contributed by atoms with Gasteiger partial charge in [0.05, 0.1) is 18.1 Å². The zero-order valence-electron chi connectivity index (χ0n) is 8.70. The summed E-state index contributed by atoms with van der Waals surface area (Å²) in [5.74, 6) is 0. The Labute approximate surface area is 103 Å². The number of sulfonamides is 1. The molecule has 8 heteroatoms. The monoisotopic (exact) mass is 270 g/mol. The number of hydrogen-bond donors (Lipinski definition) is 2. The highest BCUT2D eigenvalue weighted by molar-refractivity contribution is 7.94. The second kappa shape index (κ2) is 4.78. The molecule has 0 saturated heterocycles. The first-order valence-electron chi connectivity index (χ1n) is 4.68. The zero-order valence-corrected chi connectivity index (χ0v) is 10.3. The van der Waals surface area contributed by atoms with Gasteiger partial charge in [-0.05, 0) is 12.1 Å². The Kier molecular flexibility index (Phi) is 3.36.